The number of nitrogens with zero attached hydrogens (tertiary/aromatic N) is 1. The summed E-state index contributed by atoms with van der Waals surface area (Å²) in [6.07, 6.45) is 1.79. The summed E-state index contributed by atoms with van der Waals surface area (Å²) in [6, 6.07) is 12.8. The summed E-state index contributed by atoms with van der Waals surface area (Å²) in [6.45, 7) is 4.13. The molecule has 0 aliphatic heterocycles. The topological polar surface area (TPSA) is 24.9 Å². The third kappa shape index (κ3) is 3.14. The SMILES string of the molecule is CC(N[C@H](C)c1ccc(F)cc1)c1ccccn1. The summed E-state index contributed by atoms with van der Waals surface area (Å²) in [5.41, 5.74) is 2.07. The summed E-state index contributed by atoms with van der Waals surface area (Å²) in [4.78, 5) is 4.32. The molecular weight excluding hydrogens is 227 g/mol. The molecule has 0 aliphatic rings. The number of benzene rings is 1. The van der Waals surface area contributed by atoms with E-state index in [0.29, 0.717) is 0 Å². The van der Waals surface area contributed by atoms with Crippen molar-refractivity contribution in [1.29, 1.82) is 0 Å². The van der Waals surface area contributed by atoms with Crippen LogP contribution in [0, 0.1) is 5.82 Å². The normalized spacial score (nSPS) is 14.2. The molecule has 0 aliphatic carbocycles. The summed E-state index contributed by atoms with van der Waals surface area (Å²) < 4.78 is 12.8. The van der Waals surface area contributed by atoms with E-state index in [1.54, 1.807) is 18.3 Å². The van der Waals surface area contributed by atoms with E-state index in [1.807, 2.05) is 18.2 Å². The van der Waals surface area contributed by atoms with Crippen LogP contribution in [-0.2, 0) is 0 Å². The van der Waals surface area contributed by atoms with Gasteiger partial charge in [-0.25, -0.2) is 4.39 Å². The lowest BCUT2D eigenvalue weighted by Crippen LogP contribution is -2.23. The number of aromatic nitrogens is 1. The van der Waals surface area contributed by atoms with Gasteiger partial charge in [0.25, 0.3) is 0 Å². The summed E-state index contributed by atoms with van der Waals surface area (Å²) in [5.74, 6) is -0.205. The van der Waals surface area contributed by atoms with Crippen LogP contribution in [0.2, 0.25) is 0 Å². The molecule has 94 valence electrons. The van der Waals surface area contributed by atoms with Crippen LogP contribution in [-0.4, -0.2) is 4.98 Å². The highest BCUT2D eigenvalue weighted by Crippen LogP contribution is 2.18. The minimum absolute atomic E-state index is 0.155. The Kier molecular flexibility index (Phi) is 4.05. The lowest BCUT2D eigenvalue weighted by Gasteiger charge is -2.20. The average molecular weight is 244 g/mol. The monoisotopic (exact) mass is 244 g/mol. The molecule has 0 saturated carbocycles. The summed E-state index contributed by atoms with van der Waals surface area (Å²) in [7, 11) is 0. The van der Waals surface area contributed by atoms with Gasteiger partial charge in [-0.2, -0.15) is 0 Å². The number of halogens is 1. The van der Waals surface area contributed by atoms with Crippen molar-refractivity contribution in [3.63, 3.8) is 0 Å². The van der Waals surface area contributed by atoms with Gasteiger partial charge in [0, 0.05) is 18.3 Å². The predicted octanol–water partition coefficient (Wildman–Crippen LogP) is 3.63. The Morgan fingerprint density at radius 1 is 1.00 bits per heavy atom. The molecule has 3 heteroatoms. The number of nitrogens with one attached hydrogen (secondary N) is 1. The molecule has 0 bridgehead atoms. The van der Waals surface area contributed by atoms with Gasteiger partial charge in [0.1, 0.15) is 5.82 Å². The van der Waals surface area contributed by atoms with E-state index < -0.39 is 0 Å². The Morgan fingerprint density at radius 2 is 1.72 bits per heavy atom. The molecule has 0 fully saturated rings. The third-order valence-corrected chi connectivity index (χ3v) is 3.00. The van der Waals surface area contributed by atoms with Crippen LogP contribution in [0.4, 0.5) is 4.39 Å². The molecule has 2 nitrogen and oxygen atoms in total. The van der Waals surface area contributed by atoms with Crippen LogP contribution in [0.3, 0.4) is 0 Å². The standard InChI is InChI=1S/C15H17FN2/c1-11(13-6-8-14(16)9-7-13)18-12(2)15-5-3-4-10-17-15/h3-12,18H,1-2H3/t11-,12?/m1/s1. The molecule has 1 N–H and O–H groups in total. The Labute approximate surface area is 107 Å². The highest BCUT2D eigenvalue weighted by molar-refractivity contribution is 5.20. The van der Waals surface area contributed by atoms with Gasteiger partial charge >= 0.3 is 0 Å². The van der Waals surface area contributed by atoms with E-state index in [2.05, 4.69) is 24.1 Å². The number of pyridine rings is 1. The first-order chi connectivity index (χ1) is 8.66. The summed E-state index contributed by atoms with van der Waals surface area (Å²) in [5, 5.41) is 3.45. The molecule has 2 aromatic rings. The molecule has 0 spiro atoms. The maximum absolute atomic E-state index is 12.8. The second-order valence-electron chi connectivity index (χ2n) is 4.42. The van der Waals surface area contributed by atoms with Crippen LogP contribution in [0.1, 0.15) is 37.2 Å². The quantitative estimate of drug-likeness (QED) is 0.888. The zero-order chi connectivity index (χ0) is 13.0. The highest BCUT2D eigenvalue weighted by Gasteiger charge is 2.11. The van der Waals surface area contributed by atoms with E-state index >= 15 is 0 Å². The predicted molar refractivity (Wildman–Crippen MR) is 70.6 cm³/mol. The van der Waals surface area contributed by atoms with E-state index in [-0.39, 0.29) is 17.9 Å². The third-order valence-electron chi connectivity index (χ3n) is 3.00. The Bertz CT molecular complexity index is 482. The highest BCUT2D eigenvalue weighted by atomic mass is 19.1. The van der Waals surface area contributed by atoms with Gasteiger partial charge < -0.3 is 5.32 Å². The van der Waals surface area contributed by atoms with E-state index in [1.165, 1.54) is 12.1 Å². The van der Waals surface area contributed by atoms with Crippen LogP contribution in [0.5, 0.6) is 0 Å². The van der Waals surface area contributed by atoms with Gasteiger partial charge in [0.05, 0.1) is 5.69 Å². The van der Waals surface area contributed by atoms with Crippen molar-refractivity contribution < 1.29 is 4.39 Å². The Hall–Kier alpha value is -1.74. The molecule has 0 radical (unpaired) electrons. The largest absolute Gasteiger partial charge is 0.302 e. The van der Waals surface area contributed by atoms with Gasteiger partial charge in [-0.3, -0.25) is 4.98 Å². The first-order valence-electron chi connectivity index (χ1n) is 6.09. The number of hydrogen-bond donors (Lipinski definition) is 1. The molecule has 18 heavy (non-hydrogen) atoms. The molecule has 0 saturated heterocycles. The van der Waals surface area contributed by atoms with E-state index in [0.717, 1.165) is 11.3 Å². The zero-order valence-electron chi connectivity index (χ0n) is 10.6. The van der Waals surface area contributed by atoms with Crippen molar-refractivity contribution >= 4 is 0 Å². The molecule has 2 rings (SSSR count). The van der Waals surface area contributed by atoms with Crippen LogP contribution in [0.15, 0.2) is 48.7 Å². The molecule has 1 aromatic carbocycles. The van der Waals surface area contributed by atoms with Gasteiger partial charge in [-0.05, 0) is 43.7 Å². The van der Waals surface area contributed by atoms with Crippen molar-refractivity contribution in [2.24, 2.45) is 0 Å². The molecule has 1 aromatic heterocycles. The van der Waals surface area contributed by atoms with Crippen molar-refractivity contribution in [1.82, 2.24) is 10.3 Å². The van der Waals surface area contributed by atoms with Gasteiger partial charge in [-0.1, -0.05) is 18.2 Å². The lowest BCUT2D eigenvalue weighted by molar-refractivity contribution is 0.485. The van der Waals surface area contributed by atoms with Crippen LogP contribution < -0.4 is 5.32 Å². The molecule has 1 unspecified atom stereocenters. The molecule has 2 atom stereocenters. The molecule has 0 amide bonds. The second kappa shape index (κ2) is 5.74. The maximum Gasteiger partial charge on any atom is 0.123 e. The fraction of sp³-hybridized carbons (Fsp3) is 0.267. The average Bonchev–Trinajstić information content (AvgIpc) is 2.40. The van der Waals surface area contributed by atoms with E-state index in [4.69, 9.17) is 0 Å². The summed E-state index contributed by atoms with van der Waals surface area (Å²) >= 11 is 0. The Balaban J connectivity index is 2.03. The fourth-order valence-corrected chi connectivity index (χ4v) is 1.94. The minimum atomic E-state index is -0.205. The van der Waals surface area contributed by atoms with Crippen LogP contribution >= 0.6 is 0 Å². The maximum atomic E-state index is 12.8. The van der Waals surface area contributed by atoms with Crippen molar-refractivity contribution in [3.05, 3.63) is 65.7 Å². The Morgan fingerprint density at radius 3 is 2.33 bits per heavy atom. The van der Waals surface area contributed by atoms with Gasteiger partial charge in [0.2, 0.25) is 0 Å². The minimum Gasteiger partial charge on any atom is -0.302 e. The van der Waals surface area contributed by atoms with Gasteiger partial charge in [0.15, 0.2) is 0 Å². The second-order valence-corrected chi connectivity index (χ2v) is 4.42. The first kappa shape index (κ1) is 12.7. The molecule has 1 heterocycles. The first-order valence-corrected chi connectivity index (χ1v) is 6.09. The smallest absolute Gasteiger partial charge is 0.123 e. The van der Waals surface area contributed by atoms with Crippen molar-refractivity contribution in [2.45, 2.75) is 25.9 Å². The van der Waals surface area contributed by atoms with Crippen LogP contribution in [0.25, 0.3) is 0 Å². The van der Waals surface area contributed by atoms with Crippen molar-refractivity contribution in [2.75, 3.05) is 0 Å². The molecular formula is C15H17FN2. The van der Waals surface area contributed by atoms with Gasteiger partial charge in [-0.15, -0.1) is 0 Å². The number of rotatable bonds is 4. The zero-order valence-corrected chi connectivity index (χ0v) is 10.6. The number of hydrogen-bond acceptors (Lipinski definition) is 2. The lowest BCUT2D eigenvalue weighted by atomic mass is 10.1. The fourth-order valence-electron chi connectivity index (χ4n) is 1.94. The van der Waals surface area contributed by atoms with E-state index in [9.17, 15) is 4.39 Å². The van der Waals surface area contributed by atoms with Crippen molar-refractivity contribution in [3.8, 4) is 0 Å².